The van der Waals surface area contributed by atoms with Gasteiger partial charge in [-0.2, -0.15) is 0 Å². The molecule has 0 unspecified atom stereocenters. The molecular formula is C13H21NOSSi2. The Morgan fingerprint density at radius 3 is 1.89 bits per heavy atom. The smallest absolute Gasteiger partial charge is 0.216 e. The number of thiol groups is 1. The SMILES string of the molecule is C[Si]1(C)CC[Si](C)(C)N1c1ccc(C(=O)S)cc1. The second-order valence-electron chi connectivity index (χ2n) is 6.31. The number of carbonyl (C=O) groups excluding carboxylic acids is 1. The molecule has 0 N–H and O–H groups in total. The van der Waals surface area contributed by atoms with Gasteiger partial charge in [0.05, 0.1) is 0 Å². The quantitative estimate of drug-likeness (QED) is 0.658. The van der Waals surface area contributed by atoms with Crippen molar-refractivity contribution in [2.24, 2.45) is 0 Å². The van der Waals surface area contributed by atoms with Gasteiger partial charge in [0.2, 0.25) is 5.12 Å². The molecule has 0 saturated carbocycles. The Hall–Kier alpha value is -0.526. The summed E-state index contributed by atoms with van der Waals surface area (Å²) >= 11 is 3.86. The maximum absolute atomic E-state index is 11.2. The van der Waals surface area contributed by atoms with E-state index in [1.165, 1.54) is 17.8 Å². The predicted molar refractivity (Wildman–Crippen MR) is 86.8 cm³/mol. The standard InChI is InChI=1S/C13H21NOSSi2/c1-17(2)9-10-18(3,4)14(17)12-7-5-11(6-8-12)13(15)16/h5-8H,9-10H2,1-4H3,(H,15,16). The van der Waals surface area contributed by atoms with Gasteiger partial charge in [-0.05, 0) is 36.4 Å². The van der Waals surface area contributed by atoms with Crippen LogP contribution in [0.25, 0.3) is 0 Å². The van der Waals surface area contributed by atoms with Crippen molar-refractivity contribution in [3.8, 4) is 0 Å². The first-order chi connectivity index (χ1) is 8.24. The number of rotatable bonds is 2. The zero-order valence-corrected chi connectivity index (χ0v) is 14.4. The predicted octanol–water partition coefficient (Wildman–Crippen LogP) is 3.99. The fourth-order valence-electron chi connectivity index (χ4n) is 3.11. The van der Waals surface area contributed by atoms with Gasteiger partial charge in [0.25, 0.3) is 0 Å². The molecule has 0 aromatic heterocycles. The Morgan fingerprint density at radius 2 is 1.50 bits per heavy atom. The zero-order chi connectivity index (χ0) is 13.6. The van der Waals surface area contributed by atoms with E-state index in [0.717, 1.165) is 0 Å². The van der Waals surface area contributed by atoms with Crippen molar-refractivity contribution in [2.75, 3.05) is 4.23 Å². The first-order valence-corrected chi connectivity index (χ1v) is 13.1. The molecule has 18 heavy (non-hydrogen) atoms. The molecule has 1 aliphatic rings. The molecule has 1 fully saturated rings. The highest BCUT2D eigenvalue weighted by Crippen LogP contribution is 2.40. The molecule has 0 radical (unpaired) electrons. The number of hydrogen-bond acceptors (Lipinski definition) is 2. The highest BCUT2D eigenvalue weighted by atomic mass is 32.1. The summed E-state index contributed by atoms with van der Waals surface area (Å²) < 4.78 is 2.74. The maximum Gasteiger partial charge on any atom is 0.216 e. The van der Waals surface area contributed by atoms with Crippen molar-refractivity contribution >= 4 is 39.9 Å². The van der Waals surface area contributed by atoms with Crippen LogP contribution < -0.4 is 4.23 Å². The molecule has 98 valence electrons. The van der Waals surface area contributed by atoms with E-state index >= 15 is 0 Å². The molecule has 2 rings (SSSR count). The lowest BCUT2D eigenvalue weighted by atomic mass is 10.2. The van der Waals surface area contributed by atoms with Crippen LogP contribution in [0, 0.1) is 0 Å². The third-order valence-corrected chi connectivity index (χ3v) is 14.2. The van der Waals surface area contributed by atoms with Gasteiger partial charge in [-0.3, -0.25) is 4.79 Å². The van der Waals surface area contributed by atoms with Crippen molar-refractivity contribution in [1.82, 2.24) is 0 Å². The van der Waals surface area contributed by atoms with Crippen LogP contribution in [0.2, 0.25) is 38.3 Å². The van der Waals surface area contributed by atoms with Crippen LogP contribution in [0.5, 0.6) is 0 Å². The second-order valence-corrected chi connectivity index (χ2v) is 16.3. The van der Waals surface area contributed by atoms with Gasteiger partial charge in [0, 0.05) is 11.3 Å². The summed E-state index contributed by atoms with van der Waals surface area (Å²) in [5, 5.41) is -0.156. The molecule has 1 aromatic carbocycles. The Labute approximate surface area is 117 Å². The number of hydrogen-bond donors (Lipinski definition) is 1. The van der Waals surface area contributed by atoms with Crippen molar-refractivity contribution in [3.63, 3.8) is 0 Å². The monoisotopic (exact) mass is 295 g/mol. The van der Waals surface area contributed by atoms with Gasteiger partial charge in [-0.15, -0.1) is 12.6 Å². The molecule has 0 amide bonds. The van der Waals surface area contributed by atoms with Crippen molar-refractivity contribution < 1.29 is 4.79 Å². The largest absolute Gasteiger partial charge is 0.424 e. The van der Waals surface area contributed by atoms with Crippen LogP contribution in [0.15, 0.2) is 24.3 Å². The lowest BCUT2D eigenvalue weighted by Gasteiger charge is -2.41. The molecular weight excluding hydrogens is 274 g/mol. The van der Waals surface area contributed by atoms with Gasteiger partial charge in [-0.1, -0.05) is 26.2 Å². The Bertz CT molecular complexity index is 454. The van der Waals surface area contributed by atoms with Crippen molar-refractivity contribution in [3.05, 3.63) is 29.8 Å². The minimum atomic E-state index is -1.30. The first-order valence-electron chi connectivity index (χ1n) is 6.38. The van der Waals surface area contributed by atoms with Crippen LogP contribution >= 0.6 is 12.6 Å². The summed E-state index contributed by atoms with van der Waals surface area (Å²) in [4.78, 5) is 11.2. The molecule has 1 saturated heterocycles. The molecule has 0 spiro atoms. The van der Waals surface area contributed by atoms with E-state index in [1.807, 2.05) is 12.1 Å². The Balaban J connectivity index is 2.38. The van der Waals surface area contributed by atoms with Crippen LogP contribution in [-0.4, -0.2) is 21.6 Å². The van der Waals surface area contributed by atoms with E-state index in [2.05, 4.69) is 55.2 Å². The number of carbonyl (C=O) groups is 1. The van der Waals surface area contributed by atoms with Gasteiger partial charge >= 0.3 is 0 Å². The van der Waals surface area contributed by atoms with Crippen LogP contribution in [0.1, 0.15) is 10.4 Å². The highest BCUT2D eigenvalue weighted by Gasteiger charge is 2.47. The summed E-state index contributed by atoms with van der Waals surface area (Å²) in [6.07, 6.45) is 0. The molecule has 1 heterocycles. The van der Waals surface area contributed by atoms with E-state index in [9.17, 15) is 4.79 Å². The van der Waals surface area contributed by atoms with Gasteiger partial charge in [-0.25, -0.2) is 0 Å². The normalized spacial score (nSPS) is 21.1. The fourth-order valence-corrected chi connectivity index (χ4v) is 17.5. The van der Waals surface area contributed by atoms with Crippen LogP contribution in [0.3, 0.4) is 0 Å². The van der Waals surface area contributed by atoms with E-state index < -0.39 is 16.5 Å². The van der Waals surface area contributed by atoms with E-state index in [4.69, 9.17) is 0 Å². The lowest BCUT2D eigenvalue weighted by Crippen LogP contribution is -2.55. The van der Waals surface area contributed by atoms with Crippen molar-refractivity contribution in [2.45, 2.75) is 38.3 Å². The molecule has 5 heteroatoms. The molecule has 0 aliphatic carbocycles. The third-order valence-electron chi connectivity index (χ3n) is 3.93. The van der Waals surface area contributed by atoms with Gasteiger partial charge in [0.15, 0.2) is 0 Å². The molecule has 0 atom stereocenters. The van der Waals surface area contributed by atoms with E-state index in [0.29, 0.717) is 5.56 Å². The Kier molecular flexibility index (Phi) is 3.51. The number of nitrogens with zero attached hydrogens (tertiary/aromatic N) is 1. The van der Waals surface area contributed by atoms with E-state index in [-0.39, 0.29) is 5.12 Å². The summed E-state index contributed by atoms with van der Waals surface area (Å²) in [5.74, 6) is 0. The molecule has 2 nitrogen and oxygen atoms in total. The minimum Gasteiger partial charge on any atom is -0.424 e. The van der Waals surface area contributed by atoms with Gasteiger partial charge < -0.3 is 4.23 Å². The summed E-state index contributed by atoms with van der Waals surface area (Å²) in [6.45, 7) is 9.80. The summed E-state index contributed by atoms with van der Waals surface area (Å²) in [6, 6.07) is 10.8. The number of benzene rings is 1. The van der Waals surface area contributed by atoms with Gasteiger partial charge in [0.1, 0.15) is 16.5 Å². The third kappa shape index (κ3) is 2.44. The van der Waals surface area contributed by atoms with Crippen molar-refractivity contribution in [1.29, 1.82) is 0 Å². The highest BCUT2D eigenvalue weighted by molar-refractivity contribution is 7.97. The average molecular weight is 296 g/mol. The van der Waals surface area contributed by atoms with Crippen LogP contribution in [0.4, 0.5) is 5.69 Å². The zero-order valence-electron chi connectivity index (χ0n) is 11.5. The molecule has 1 aromatic rings. The van der Waals surface area contributed by atoms with Crippen LogP contribution in [-0.2, 0) is 0 Å². The second kappa shape index (κ2) is 4.54. The topological polar surface area (TPSA) is 20.3 Å². The number of anilines is 1. The maximum atomic E-state index is 11.2. The first kappa shape index (κ1) is 13.9. The summed E-state index contributed by atoms with van der Waals surface area (Å²) in [7, 11) is -2.60. The molecule has 1 aliphatic heterocycles. The van der Waals surface area contributed by atoms with E-state index in [1.54, 1.807) is 0 Å². The summed E-state index contributed by atoms with van der Waals surface area (Å²) in [5.41, 5.74) is 1.99. The minimum absolute atomic E-state index is 0.156. The lowest BCUT2D eigenvalue weighted by molar-refractivity contribution is 0.109. The average Bonchev–Trinajstić information content (AvgIpc) is 2.48. The Morgan fingerprint density at radius 1 is 1.06 bits per heavy atom. The molecule has 0 bridgehead atoms. The fraction of sp³-hybridized carbons (Fsp3) is 0.462.